The number of hydrogen-bond acceptors (Lipinski definition) is 3. The zero-order chi connectivity index (χ0) is 11.0. The van der Waals surface area contributed by atoms with Gasteiger partial charge in [0.2, 0.25) is 0 Å². The van der Waals surface area contributed by atoms with Crippen LogP contribution in [-0.2, 0) is 6.42 Å². The van der Waals surface area contributed by atoms with E-state index in [4.69, 9.17) is 16.3 Å². The van der Waals surface area contributed by atoms with Gasteiger partial charge < -0.3 is 4.74 Å². The number of nitrogens with zero attached hydrogens (tertiary/aromatic N) is 1. The van der Waals surface area contributed by atoms with E-state index in [2.05, 4.69) is 15.9 Å². The van der Waals surface area contributed by atoms with Gasteiger partial charge in [-0.2, -0.15) is 0 Å². The van der Waals surface area contributed by atoms with E-state index < -0.39 is 4.92 Å². The van der Waals surface area contributed by atoms with Crippen LogP contribution in [0.2, 0.25) is 5.02 Å². The summed E-state index contributed by atoms with van der Waals surface area (Å²) in [6.07, 6.45) is 1.66. The first-order valence-electron chi connectivity index (χ1n) is 4.39. The lowest BCUT2D eigenvalue weighted by molar-refractivity contribution is -0.384. The third kappa shape index (κ3) is 1.81. The molecule has 0 N–H and O–H groups in total. The zero-order valence-electron chi connectivity index (χ0n) is 7.63. The highest BCUT2D eigenvalue weighted by Crippen LogP contribution is 2.43. The summed E-state index contributed by atoms with van der Waals surface area (Å²) >= 11 is 9.08. The van der Waals surface area contributed by atoms with E-state index >= 15 is 0 Å². The van der Waals surface area contributed by atoms with E-state index in [1.165, 1.54) is 6.07 Å². The quantitative estimate of drug-likeness (QED) is 0.589. The number of rotatable bonds is 1. The van der Waals surface area contributed by atoms with Crippen molar-refractivity contribution < 1.29 is 9.66 Å². The maximum absolute atomic E-state index is 10.7. The van der Waals surface area contributed by atoms with Crippen LogP contribution in [0.5, 0.6) is 5.75 Å². The van der Waals surface area contributed by atoms with Crippen molar-refractivity contribution in [3.63, 3.8) is 0 Å². The van der Waals surface area contributed by atoms with Crippen LogP contribution in [0.15, 0.2) is 10.5 Å². The van der Waals surface area contributed by atoms with Crippen molar-refractivity contribution >= 4 is 33.2 Å². The van der Waals surface area contributed by atoms with Crippen LogP contribution in [0.1, 0.15) is 12.0 Å². The Morgan fingerprint density at radius 3 is 3.00 bits per heavy atom. The first-order valence-corrected chi connectivity index (χ1v) is 5.56. The number of fused-ring (bicyclic) bond motifs is 1. The molecule has 0 saturated heterocycles. The van der Waals surface area contributed by atoms with Gasteiger partial charge in [0.25, 0.3) is 5.69 Å². The fourth-order valence-electron chi connectivity index (χ4n) is 1.56. The Balaban J connectivity index is 2.63. The Hall–Kier alpha value is -0.810. The number of benzene rings is 1. The molecule has 6 heteroatoms. The molecule has 0 unspecified atom stereocenters. The van der Waals surface area contributed by atoms with Gasteiger partial charge in [0.1, 0.15) is 10.8 Å². The minimum atomic E-state index is -0.484. The molecule has 0 spiro atoms. The monoisotopic (exact) mass is 291 g/mol. The molecule has 1 heterocycles. The second-order valence-corrected chi connectivity index (χ2v) is 4.39. The SMILES string of the molecule is O=[N+]([O-])c1cc2c(c(Br)c1Cl)OCCC2. The number of ether oxygens (including phenoxy) is 1. The number of hydrogen-bond donors (Lipinski definition) is 0. The predicted octanol–water partition coefficient (Wildman–Crippen LogP) is 3.34. The molecule has 80 valence electrons. The van der Waals surface area contributed by atoms with Gasteiger partial charge in [-0.25, -0.2) is 0 Å². The lowest BCUT2D eigenvalue weighted by atomic mass is 10.1. The molecule has 0 saturated carbocycles. The third-order valence-electron chi connectivity index (χ3n) is 2.25. The normalized spacial score (nSPS) is 14.3. The summed E-state index contributed by atoms with van der Waals surface area (Å²) in [5.74, 6) is 0.636. The van der Waals surface area contributed by atoms with E-state index in [0.29, 0.717) is 16.8 Å². The van der Waals surface area contributed by atoms with Gasteiger partial charge >= 0.3 is 0 Å². The van der Waals surface area contributed by atoms with Crippen molar-refractivity contribution in [3.05, 3.63) is 31.2 Å². The van der Waals surface area contributed by atoms with E-state index in [9.17, 15) is 10.1 Å². The molecule has 1 aromatic rings. The molecule has 0 bridgehead atoms. The lowest BCUT2D eigenvalue weighted by Crippen LogP contribution is -2.09. The maximum atomic E-state index is 10.7. The minimum Gasteiger partial charge on any atom is -0.492 e. The van der Waals surface area contributed by atoms with E-state index in [-0.39, 0.29) is 10.7 Å². The molecule has 1 aliphatic rings. The molecule has 1 aliphatic heterocycles. The first kappa shape index (κ1) is 10.7. The molecule has 0 atom stereocenters. The maximum Gasteiger partial charge on any atom is 0.289 e. The predicted molar refractivity (Wildman–Crippen MR) is 59.6 cm³/mol. The average Bonchev–Trinajstić information content (AvgIpc) is 2.23. The van der Waals surface area contributed by atoms with Crippen molar-refractivity contribution in [1.82, 2.24) is 0 Å². The summed E-state index contributed by atoms with van der Waals surface area (Å²) < 4.78 is 5.90. The molecule has 4 nitrogen and oxygen atoms in total. The summed E-state index contributed by atoms with van der Waals surface area (Å²) in [5, 5.41) is 10.8. The van der Waals surface area contributed by atoms with Gasteiger partial charge in [0.15, 0.2) is 0 Å². The van der Waals surface area contributed by atoms with Gasteiger partial charge in [-0.15, -0.1) is 0 Å². The van der Waals surface area contributed by atoms with Gasteiger partial charge in [0.05, 0.1) is 16.0 Å². The highest BCUT2D eigenvalue weighted by Gasteiger charge is 2.24. The average molecular weight is 293 g/mol. The molecule has 1 aromatic carbocycles. The highest BCUT2D eigenvalue weighted by atomic mass is 79.9. The van der Waals surface area contributed by atoms with Crippen molar-refractivity contribution in [2.75, 3.05) is 6.61 Å². The molecule has 15 heavy (non-hydrogen) atoms. The van der Waals surface area contributed by atoms with E-state index in [1.54, 1.807) is 0 Å². The number of aryl methyl sites for hydroxylation is 1. The number of halogens is 2. The van der Waals surface area contributed by atoms with Crippen LogP contribution in [0.4, 0.5) is 5.69 Å². The van der Waals surface area contributed by atoms with Crippen LogP contribution >= 0.6 is 27.5 Å². The molecular weight excluding hydrogens is 285 g/mol. The Bertz CT molecular complexity index is 436. The van der Waals surface area contributed by atoms with E-state index in [0.717, 1.165) is 18.4 Å². The van der Waals surface area contributed by atoms with E-state index in [1.807, 2.05) is 0 Å². The molecule has 0 radical (unpaired) electrons. The lowest BCUT2D eigenvalue weighted by Gasteiger charge is -2.18. The van der Waals surface area contributed by atoms with Crippen LogP contribution in [-0.4, -0.2) is 11.5 Å². The van der Waals surface area contributed by atoms with Crippen LogP contribution in [0.25, 0.3) is 0 Å². The molecule has 2 rings (SSSR count). The number of nitro groups is 1. The van der Waals surface area contributed by atoms with Crippen LogP contribution in [0.3, 0.4) is 0 Å². The van der Waals surface area contributed by atoms with Gasteiger partial charge in [-0.3, -0.25) is 10.1 Å². The highest BCUT2D eigenvalue weighted by molar-refractivity contribution is 9.10. The molecule has 0 aliphatic carbocycles. The van der Waals surface area contributed by atoms with Crippen molar-refractivity contribution in [3.8, 4) is 5.75 Å². The number of nitro benzene ring substituents is 1. The fraction of sp³-hybridized carbons (Fsp3) is 0.333. The first-order chi connectivity index (χ1) is 7.11. The Kier molecular flexibility index (Phi) is 2.84. The van der Waals surface area contributed by atoms with Crippen molar-refractivity contribution in [1.29, 1.82) is 0 Å². The van der Waals surface area contributed by atoms with Crippen molar-refractivity contribution in [2.45, 2.75) is 12.8 Å². The van der Waals surface area contributed by atoms with Gasteiger partial charge in [-0.1, -0.05) is 11.6 Å². The van der Waals surface area contributed by atoms with Gasteiger partial charge in [-0.05, 0) is 28.8 Å². The smallest absolute Gasteiger partial charge is 0.289 e. The Morgan fingerprint density at radius 1 is 1.60 bits per heavy atom. The zero-order valence-corrected chi connectivity index (χ0v) is 9.97. The standard InChI is InChI=1S/C9H7BrClNO3/c10-7-8(11)6(12(13)14)4-5-2-1-3-15-9(5)7/h4H,1-3H2. The van der Waals surface area contributed by atoms with Crippen molar-refractivity contribution in [2.24, 2.45) is 0 Å². The van der Waals surface area contributed by atoms with Crippen LogP contribution in [0, 0.1) is 10.1 Å². The minimum absolute atomic E-state index is 0.0761. The summed E-state index contributed by atoms with van der Waals surface area (Å²) in [6, 6.07) is 1.49. The largest absolute Gasteiger partial charge is 0.492 e. The fourth-order valence-corrected chi connectivity index (χ4v) is 2.34. The summed E-state index contributed by atoms with van der Waals surface area (Å²) in [4.78, 5) is 10.2. The molecule has 0 amide bonds. The molecule has 0 aromatic heterocycles. The topological polar surface area (TPSA) is 52.4 Å². The van der Waals surface area contributed by atoms with Crippen LogP contribution < -0.4 is 4.74 Å². The summed E-state index contributed by atoms with van der Waals surface area (Å²) in [5.41, 5.74) is 0.761. The molecular formula is C9H7BrClNO3. The Morgan fingerprint density at radius 2 is 2.33 bits per heavy atom. The Labute approximate surface area is 99.5 Å². The van der Waals surface area contributed by atoms with Gasteiger partial charge in [0, 0.05) is 11.6 Å². The summed E-state index contributed by atoms with van der Waals surface area (Å²) in [6.45, 7) is 0.625. The molecule has 0 fully saturated rings. The summed E-state index contributed by atoms with van der Waals surface area (Å²) in [7, 11) is 0. The second-order valence-electron chi connectivity index (χ2n) is 3.22. The third-order valence-corrected chi connectivity index (χ3v) is 3.62. The second kappa shape index (κ2) is 3.98.